The Bertz CT molecular complexity index is 390. The SMILES string of the molecule is CC(C)c1cccc(C(C)C)c1OCCNC(C)(C)C. The molecule has 0 spiro atoms. The van der Waals surface area contributed by atoms with Crippen molar-refractivity contribution in [2.24, 2.45) is 0 Å². The fourth-order valence-electron chi connectivity index (χ4n) is 2.23. The summed E-state index contributed by atoms with van der Waals surface area (Å²) in [5.74, 6) is 2.06. The topological polar surface area (TPSA) is 21.3 Å². The van der Waals surface area contributed by atoms with Crippen LogP contribution in [0.25, 0.3) is 0 Å². The van der Waals surface area contributed by atoms with Crippen molar-refractivity contribution < 1.29 is 4.74 Å². The van der Waals surface area contributed by atoms with Crippen molar-refractivity contribution in [3.8, 4) is 5.75 Å². The summed E-state index contributed by atoms with van der Waals surface area (Å²) in [7, 11) is 0. The van der Waals surface area contributed by atoms with Gasteiger partial charge < -0.3 is 10.1 Å². The summed E-state index contributed by atoms with van der Waals surface area (Å²) in [5, 5.41) is 3.46. The van der Waals surface area contributed by atoms with Crippen LogP contribution in [0.1, 0.15) is 71.4 Å². The third kappa shape index (κ3) is 5.16. The molecule has 1 N–H and O–H groups in total. The second-order valence-electron chi connectivity index (χ2n) is 7.10. The maximum atomic E-state index is 6.12. The van der Waals surface area contributed by atoms with Gasteiger partial charge in [-0.05, 0) is 43.7 Å². The lowest BCUT2D eigenvalue weighted by Crippen LogP contribution is -2.38. The minimum absolute atomic E-state index is 0.141. The van der Waals surface area contributed by atoms with E-state index in [1.165, 1.54) is 11.1 Å². The molecule has 0 saturated carbocycles. The van der Waals surface area contributed by atoms with Crippen LogP contribution in [-0.2, 0) is 0 Å². The first-order chi connectivity index (χ1) is 9.22. The lowest BCUT2D eigenvalue weighted by atomic mass is 9.94. The van der Waals surface area contributed by atoms with Crippen molar-refractivity contribution in [3.05, 3.63) is 29.3 Å². The summed E-state index contributed by atoms with van der Waals surface area (Å²) in [4.78, 5) is 0. The third-order valence-electron chi connectivity index (χ3n) is 3.32. The number of rotatable bonds is 6. The summed E-state index contributed by atoms with van der Waals surface area (Å²) in [6.45, 7) is 17.0. The average Bonchev–Trinajstić information content (AvgIpc) is 2.32. The molecule has 1 rings (SSSR count). The van der Waals surface area contributed by atoms with Gasteiger partial charge in [-0.25, -0.2) is 0 Å². The van der Waals surface area contributed by atoms with Gasteiger partial charge in [0.15, 0.2) is 0 Å². The van der Waals surface area contributed by atoms with Gasteiger partial charge in [-0.2, -0.15) is 0 Å². The zero-order valence-corrected chi connectivity index (χ0v) is 14.2. The number of para-hydroxylation sites is 1. The highest BCUT2D eigenvalue weighted by molar-refractivity contribution is 5.44. The molecule has 1 aromatic carbocycles. The highest BCUT2D eigenvalue weighted by atomic mass is 16.5. The van der Waals surface area contributed by atoms with Gasteiger partial charge in [0.1, 0.15) is 12.4 Å². The Labute approximate surface area is 124 Å². The van der Waals surface area contributed by atoms with Crippen molar-refractivity contribution in [3.63, 3.8) is 0 Å². The molecule has 0 atom stereocenters. The monoisotopic (exact) mass is 277 g/mol. The van der Waals surface area contributed by atoms with Crippen molar-refractivity contribution >= 4 is 0 Å². The quantitative estimate of drug-likeness (QED) is 0.761. The second kappa shape index (κ2) is 7.12. The molecular formula is C18H31NO. The lowest BCUT2D eigenvalue weighted by molar-refractivity contribution is 0.284. The summed E-state index contributed by atoms with van der Waals surface area (Å²) < 4.78 is 6.12. The van der Waals surface area contributed by atoms with Crippen molar-refractivity contribution in [1.82, 2.24) is 5.32 Å². The normalized spacial score (nSPS) is 12.2. The second-order valence-corrected chi connectivity index (χ2v) is 7.10. The van der Waals surface area contributed by atoms with E-state index in [9.17, 15) is 0 Å². The first-order valence-electron chi connectivity index (χ1n) is 7.73. The first kappa shape index (κ1) is 17.0. The fraction of sp³-hybridized carbons (Fsp3) is 0.667. The summed E-state index contributed by atoms with van der Waals surface area (Å²) in [6.07, 6.45) is 0. The van der Waals surface area contributed by atoms with Gasteiger partial charge in [0.25, 0.3) is 0 Å². The largest absolute Gasteiger partial charge is 0.492 e. The van der Waals surface area contributed by atoms with Crippen LogP contribution in [0.15, 0.2) is 18.2 Å². The summed E-state index contributed by atoms with van der Waals surface area (Å²) in [6, 6.07) is 6.51. The molecule has 2 nitrogen and oxygen atoms in total. The van der Waals surface area contributed by atoms with Gasteiger partial charge in [-0.1, -0.05) is 45.9 Å². The Morgan fingerprint density at radius 1 is 1.00 bits per heavy atom. The predicted octanol–water partition coefficient (Wildman–Crippen LogP) is 4.70. The van der Waals surface area contributed by atoms with E-state index in [2.05, 4.69) is 72.0 Å². The first-order valence-corrected chi connectivity index (χ1v) is 7.73. The van der Waals surface area contributed by atoms with Crippen LogP contribution in [0.2, 0.25) is 0 Å². The van der Waals surface area contributed by atoms with E-state index < -0.39 is 0 Å². The molecule has 0 aliphatic carbocycles. The zero-order valence-electron chi connectivity index (χ0n) is 14.2. The Balaban J connectivity index is 2.81. The molecule has 114 valence electrons. The molecule has 2 heteroatoms. The lowest BCUT2D eigenvalue weighted by Gasteiger charge is -2.23. The van der Waals surface area contributed by atoms with Crippen LogP contribution in [-0.4, -0.2) is 18.7 Å². The van der Waals surface area contributed by atoms with E-state index in [4.69, 9.17) is 4.74 Å². The molecular weight excluding hydrogens is 246 g/mol. The van der Waals surface area contributed by atoms with Gasteiger partial charge in [0.2, 0.25) is 0 Å². The highest BCUT2D eigenvalue weighted by Crippen LogP contribution is 2.34. The maximum Gasteiger partial charge on any atom is 0.126 e. The highest BCUT2D eigenvalue weighted by Gasteiger charge is 2.15. The van der Waals surface area contributed by atoms with E-state index in [0.29, 0.717) is 18.4 Å². The Morgan fingerprint density at radius 3 is 1.90 bits per heavy atom. The van der Waals surface area contributed by atoms with Crippen molar-refractivity contribution in [2.45, 2.75) is 65.8 Å². The molecule has 0 amide bonds. The van der Waals surface area contributed by atoms with Crippen LogP contribution in [0.5, 0.6) is 5.75 Å². The van der Waals surface area contributed by atoms with Gasteiger partial charge >= 0.3 is 0 Å². The summed E-state index contributed by atoms with van der Waals surface area (Å²) in [5.41, 5.74) is 2.76. The summed E-state index contributed by atoms with van der Waals surface area (Å²) >= 11 is 0. The van der Waals surface area contributed by atoms with Crippen molar-refractivity contribution in [2.75, 3.05) is 13.2 Å². The van der Waals surface area contributed by atoms with Crippen LogP contribution >= 0.6 is 0 Å². The van der Waals surface area contributed by atoms with Gasteiger partial charge in [0.05, 0.1) is 0 Å². The van der Waals surface area contributed by atoms with Crippen molar-refractivity contribution in [1.29, 1.82) is 0 Å². The van der Waals surface area contributed by atoms with E-state index in [-0.39, 0.29) is 5.54 Å². The molecule has 0 bridgehead atoms. The minimum Gasteiger partial charge on any atom is -0.492 e. The van der Waals surface area contributed by atoms with E-state index in [0.717, 1.165) is 12.3 Å². The van der Waals surface area contributed by atoms with Crippen LogP contribution < -0.4 is 10.1 Å². The molecule has 0 aliphatic heterocycles. The molecule has 0 radical (unpaired) electrons. The minimum atomic E-state index is 0.141. The third-order valence-corrected chi connectivity index (χ3v) is 3.32. The maximum absolute atomic E-state index is 6.12. The number of hydrogen-bond donors (Lipinski definition) is 1. The predicted molar refractivity (Wildman–Crippen MR) is 87.9 cm³/mol. The standard InChI is InChI=1S/C18H31NO/c1-13(2)15-9-8-10-16(14(3)4)17(15)20-12-11-19-18(5,6)7/h8-10,13-14,19H,11-12H2,1-7H3. The number of nitrogens with one attached hydrogen (secondary N) is 1. The molecule has 0 heterocycles. The molecule has 0 fully saturated rings. The van der Waals surface area contributed by atoms with Gasteiger partial charge in [0, 0.05) is 12.1 Å². The molecule has 0 unspecified atom stereocenters. The fourth-order valence-corrected chi connectivity index (χ4v) is 2.23. The number of ether oxygens (including phenoxy) is 1. The van der Waals surface area contributed by atoms with E-state index in [1.54, 1.807) is 0 Å². The van der Waals surface area contributed by atoms with Gasteiger partial charge in [-0.3, -0.25) is 0 Å². The van der Waals surface area contributed by atoms with Crippen LogP contribution in [0.4, 0.5) is 0 Å². The number of benzene rings is 1. The van der Waals surface area contributed by atoms with E-state index >= 15 is 0 Å². The average molecular weight is 277 g/mol. The molecule has 0 aliphatic rings. The Kier molecular flexibility index (Phi) is 6.07. The van der Waals surface area contributed by atoms with Crippen LogP contribution in [0, 0.1) is 0 Å². The molecule has 20 heavy (non-hydrogen) atoms. The van der Waals surface area contributed by atoms with E-state index in [1.807, 2.05) is 0 Å². The smallest absolute Gasteiger partial charge is 0.126 e. The molecule has 1 aromatic rings. The molecule has 0 aromatic heterocycles. The molecule has 0 saturated heterocycles. The van der Waals surface area contributed by atoms with Crippen LogP contribution in [0.3, 0.4) is 0 Å². The Hall–Kier alpha value is -1.02. The van der Waals surface area contributed by atoms with Gasteiger partial charge in [-0.15, -0.1) is 0 Å². The Morgan fingerprint density at radius 2 is 1.50 bits per heavy atom. The zero-order chi connectivity index (χ0) is 15.3. The number of hydrogen-bond acceptors (Lipinski definition) is 2.